The molecule has 0 fully saturated rings. The van der Waals surface area contributed by atoms with Crippen molar-refractivity contribution in [3.63, 3.8) is 0 Å². The maximum atomic E-state index is 11.5. The van der Waals surface area contributed by atoms with Crippen LogP contribution in [0.2, 0.25) is 5.02 Å². The molecular weight excluding hydrogens is 278 g/mol. The van der Waals surface area contributed by atoms with Gasteiger partial charge in [0, 0.05) is 23.2 Å². The van der Waals surface area contributed by atoms with Gasteiger partial charge in [-0.1, -0.05) is 29.8 Å². The third-order valence-corrected chi connectivity index (χ3v) is 3.43. The third kappa shape index (κ3) is 3.21. The van der Waals surface area contributed by atoms with E-state index in [4.69, 9.17) is 16.0 Å². The summed E-state index contributed by atoms with van der Waals surface area (Å²) < 4.78 is 9.80. The maximum absolute atomic E-state index is 11.5. The Kier molecular flexibility index (Phi) is 4.82. The van der Waals surface area contributed by atoms with Crippen LogP contribution in [0.1, 0.15) is 34.6 Å². The zero-order chi connectivity index (χ0) is 14.5. The van der Waals surface area contributed by atoms with Crippen LogP contribution in [0.5, 0.6) is 0 Å². The molecule has 2 aromatic rings. The number of halogens is 1. The van der Waals surface area contributed by atoms with E-state index in [-0.39, 0.29) is 11.8 Å². The van der Waals surface area contributed by atoms with Crippen LogP contribution < -0.4 is 5.32 Å². The van der Waals surface area contributed by atoms with Crippen LogP contribution in [-0.4, -0.2) is 13.1 Å². The fourth-order valence-electron chi connectivity index (χ4n) is 1.95. The third-order valence-electron chi connectivity index (χ3n) is 3.09. The molecule has 0 aliphatic rings. The lowest BCUT2D eigenvalue weighted by Gasteiger charge is -2.15. The molecule has 0 spiro atoms. The molecule has 5 heteroatoms. The summed E-state index contributed by atoms with van der Waals surface area (Å²) >= 11 is 6.15. The summed E-state index contributed by atoms with van der Waals surface area (Å²) in [6, 6.07) is 9.47. The molecular formula is C15H16ClNO3. The van der Waals surface area contributed by atoms with Gasteiger partial charge in [-0.05, 0) is 24.6 Å². The summed E-state index contributed by atoms with van der Waals surface area (Å²) in [5.41, 5.74) is 1.77. The Morgan fingerprint density at radius 2 is 2.15 bits per heavy atom. The number of ether oxygens (including phenoxy) is 1. The van der Waals surface area contributed by atoms with Gasteiger partial charge in [0.05, 0.1) is 13.4 Å². The quantitative estimate of drug-likeness (QED) is 0.856. The lowest BCUT2D eigenvalue weighted by molar-refractivity contribution is 0.0563. The lowest BCUT2D eigenvalue weighted by atomic mass is 10.1. The van der Waals surface area contributed by atoms with Crippen LogP contribution in [0, 0.1) is 0 Å². The number of carbonyl (C=O) groups is 1. The number of nitrogens with one attached hydrogen (secondary N) is 1. The molecule has 1 aromatic carbocycles. The number of hydrogen-bond acceptors (Lipinski definition) is 4. The van der Waals surface area contributed by atoms with Crippen molar-refractivity contribution in [2.24, 2.45) is 0 Å². The lowest BCUT2D eigenvalue weighted by Crippen LogP contribution is -2.19. The molecule has 1 aromatic heterocycles. The number of rotatable bonds is 5. The van der Waals surface area contributed by atoms with E-state index in [1.807, 2.05) is 31.2 Å². The van der Waals surface area contributed by atoms with E-state index in [0.29, 0.717) is 11.6 Å². The van der Waals surface area contributed by atoms with Crippen LogP contribution in [0.3, 0.4) is 0 Å². The minimum absolute atomic E-state index is 0.0593. The first-order valence-electron chi connectivity index (χ1n) is 6.26. The molecule has 0 aliphatic carbocycles. The second-order valence-electron chi connectivity index (χ2n) is 4.39. The first-order valence-corrected chi connectivity index (χ1v) is 6.63. The molecule has 0 bridgehead atoms. The van der Waals surface area contributed by atoms with Crippen LogP contribution in [0.15, 0.2) is 41.0 Å². The van der Waals surface area contributed by atoms with Gasteiger partial charge in [-0.25, -0.2) is 4.79 Å². The highest BCUT2D eigenvalue weighted by Gasteiger charge is 2.16. The molecule has 0 saturated carbocycles. The Hall–Kier alpha value is -1.78. The molecule has 20 heavy (non-hydrogen) atoms. The van der Waals surface area contributed by atoms with Crippen molar-refractivity contribution in [1.82, 2.24) is 5.32 Å². The van der Waals surface area contributed by atoms with Gasteiger partial charge in [0.25, 0.3) is 0 Å². The predicted molar refractivity (Wildman–Crippen MR) is 76.8 cm³/mol. The Labute approximate surface area is 122 Å². The first-order chi connectivity index (χ1) is 9.63. The topological polar surface area (TPSA) is 51.5 Å². The van der Waals surface area contributed by atoms with E-state index in [1.54, 1.807) is 6.07 Å². The Bertz CT molecular complexity index is 594. The van der Waals surface area contributed by atoms with Gasteiger partial charge in [0.15, 0.2) is 0 Å². The first kappa shape index (κ1) is 14.6. The van der Waals surface area contributed by atoms with E-state index >= 15 is 0 Å². The number of esters is 1. The zero-order valence-corrected chi connectivity index (χ0v) is 12.1. The zero-order valence-electron chi connectivity index (χ0n) is 11.4. The average molecular weight is 294 g/mol. The molecule has 1 unspecified atom stereocenters. The largest absolute Gasteiger partial charge is 0.463 e. The van der Waals surface area contributed by atoms with Gasteiger partial charge in [0.1, 0.15) is 0 Å². The highest BCUT2D eigenvalue weighted by atomic mass is 35.5. The molecule has 0 radical (unpaired) electrons. The minimum atomic E-state index is -0.475. The molecule has 2 rings (SSSR count). The fraction of sp³-hybridized carbons (Fsp3) is 0.267. The fourth-order valence-corrected chi connectivity index (χ4v) is 2.25. The van der Waals surface area contributed by atoms with Crippen molar-refractivity contribution < 1.29 is 13.9 Å². The van der Waals surface area contributed by atoms with E-state index in [2.05, 4.69) is 10.1 Å². The monoisotopic (exact) mass is 293 g/mol. The second-order valence-corrected chi connectivity index (χ2v) is 4.80. The highest BCUT2D eigenvalue weighted by Crippen LogP contribution is 2.23. The van der Waals surface area contributed by atoms with Crippen molar-refractivity contribution >= 4 is 17.6 Å². The number of benzene rings is 1. The van der Waals surface area contributed by atoms with Gasteiger partial charge < -0.3 is 14.5 Å². The molecule has 1 heterocycles. The summed E-state index contributed by atoms with van der Waals surface area (Å²) in [6.45, 7) is 2.51. The summed E-state index contributed by atoms with van der Waals surface area (Å²) in [6.07, 6.45) is 1.48. The van der Waals surface area contributed by atoms with Crippen LogP contribution in [-0.2, 0) is 11.3 Å². The molecule has 4 nitrogen and oxygen atoms in total. The minimum Gasteiger partial charge on any atom is -0.463 e. The van der Waals surface area contributed by atoms with E-state index in [9.17, 15) is 4.79 Å². The van der Waals surface area contributed by atoms with Crippen LogP contribution in [0.25, 0.3) is 0 Å². The smallest absolute Gasteiger partial charge is 0.374 e. The van der Waals surface area contributed by atoms with Crippen molar-refractivity contribution in [3.8, 4) is 0 Å². The summed E-state index contributed by atoms with van der Waals surface area (Å²) in [5, 5.41) is 4.02. The number of carbonyl (C=O) groups excluding carboxylic acids is 1. The molecule has 0 aliphatic heterocycles. The SMILES string of the molecule is COC(=O)c1occc1CNC(C)c1ccccc1Cl. The molecule has 1 N–H and O–H groups in total. The Morgan fingerprint density at radius 1 is 1.40 bits per heavy atom. The summed E-state index contributed by atoms with van der Waals surface area (Å²) in [5.74, 6) is -0.247. The molecule has 1 atom stereocenters. The van der Waals surface area contributed by atoms with Crippen LogP contribution in [0.4, 0.5) is 0 Å². The van der Waals surface area contributed by atoms with Gasteiger partial charge in [0.2, 0.25) is 5.76 Å². The van der Waals surface area contributed by atoms with E-state index in [1.165, 1.54) is 13.4 Å². The Morgan fingerprint density at radius 3 is 2.85 bits per heavy atom. The second kappa shape index (κ2) is 6.59. The maximum Gasteiger partial charge on any atom is 0.374 e. The normalized spacial score (nSPS) is 12.2. The standard InChI is InChI=1S/C15H16ClNO3/c1-10(12-5-3-4-6-13(12)16)17-9-11-7-8-20-14(11)15(18)19-2/h3-8,10,17H,9H2,1-2H3. The van der Waals surface area contributed by atoms with Gasteiger partial charge in [-0.2, -0.15) is 0 Å². The van der Waals surface area contributed by atoms with Crippen molar-refractivity contribution in [1.29, 1.82) is 0 Å². The van der Waals surface area contributed by atoms with E-state index in [0.717, 1.165) is 11.1 Å². The summed E-state index contributed by atoms with van der Waals surface area (Å²) in [4.78, 5) is 11.5. The molecule has 0 amide bonds. The van der Waals surface area contributed by atoms with Gasteiger partial charge in [-0.15, -0.1) is 0 Å². The van der Waals surface area contributed by atoms with Crippen molar-refractivity contribution in [2.75, 3.05) is 7.11 Å². The number of methoxy groups -OCH3 is 1. The Balaban J connectivity index is 2.04. The van der Waals surface area contributed by atoms with Gasteiger partial charge >= 0.3 is 5.97 Å². The number of furan rings is 1. The van der Waals surface area contributed by atoms with E-state index < -0.39 is 5.97 Å². The highest BCUT2D eigenvalue weighted by molar-refractivity contribution is 6.31. The molecule has 106 valence electrons. The van der Waals surface area contributed by atoms with Crippen LogP contribution >= 0.6 is 11.6 Å². The van der Waals surface area contributed by atoms with Gasteiger partial charge in [-0.3, -0.25) is 0 Å². The number of hydrogen-bond donors (Lipinski definition) is 1. The predicted octanol–water partition coefficient (Wildman–Crippen LogP) is 3.57. The van der Waals surface area contributed by atoms with Crippen molar-refractivity contribution in [2.45, 2.75) is 19.5 Å². The van der Waals surface area contributed by atoms with Crippen molar-refractivity contribution in [3.05, 3.63) is 58.5 Å². The summed E-state index contributed by atoms with van der Waals surface area (Å²) in [7, 11) is 1.33. The molecule has 0 saturated heterocycles. The average Bonchev–Trinajstić information content (AvgIpc) is 2.93.